The summed E-state index contributed by atoms with van der Waals surface area (Å²) >= 11 is 0. The van der Waals surface area contributed by atoms with Crippen molar-refractivity contribution in [3.8, 4) is 5.75 Å². The average molecular weight is 333 g/mol. The van der Waals surface area contributed by atoms with Gasteiger partial charge in [0.1, 0.15) is 24.3 Å². The molecule has 1 heterocycles. The average Bonchev–Trinajstić information content (AvgIpc) is 2.53. The summed E-state index contributed by atoms with van der Waals surface area (Å²) in [6.07, 6.45) is 1.07. The second-order valence-corrected chi connectivity index (χ2v) is 5.21. The first-order valence-corrected chi connectivity index (χ1v) is 7.20. The summed E-state index contributed by atoms with van der Waals surface area (Å²) in [7, 11) is 0. The molecular formula is C15H22ClFN2O3. The number of rotatable bonds is 6. The van der Waals surface area contributed by atoms with Crippen LogP contribution in [0.5, 0.6) is 5.75 Å². The van der Waals surface area contributed by atoms with E-state index in [0.29, 0.717) is 12.3 Å². The van der Waals surface area contributed by atoms with Crippen LogP contribution in [0.4, 0.5) is 4.39 Å². The Morgan fingerprint density at radius 2 is 2.18 bits per heavy atom. The second kappa shape index (κ2) is 9.61. The van der Waals surface area contributed by atoms with Gasteiger partial charge in [0.05, 0.1) is 5.92 Å². The molecule has 5 nitrogen and oxygen atoms in total. The topological polar surface area (TPSA) is 70.6 Å². The number of benzene rings is 1. The minimum Gasteiger partial charge on any atom is -0.491 e. The van der Waals surface area contributed by atoms with Gasteiger partial charge in [-0.15, -0.1) is 12.4 Å². The van der Waals surface area contributed by atoms with Gasteiger partial charge in [0.25, 0.3) is 0 Å². The van der Waals surface area contributed by atoms with E-state index in [9.17, 15) is 14.3 Å². The van der Waals surface area contributed by atoms with E-state index in [-0.39, 0.29) is 43.2 Å². The van der Waals surface area contributed by atoms with Crippen molar-refractivity contribution in [3.63, 3.8) is 0 Å². The summed E-state index contributed by atoms with van der Waals surface area (Å²) in [6, 6.07) is 5.57. The molecule has 0 bridgehead atoms. The van der Waals surface area contributed by atoms with E-state index >= 15 is 0 Å². The quantitative estimate of drug-likeness (QED) is 0.729. The lowest BCUT2D eigenvalue weighted by molar-refractivity contribution is -0.126. The fourth-order valence-electron chi connectivity index (χ4n) is 2.22. The zero-order valence-electron chi connectivity index (χ0n) is 12.3. The first kappa shape index (κ1) is 18.7. The van der Waals surface area contributed by atoms with E-state index in [1.165, 1.54) is 24.3 Å². The van der Waals surface area contributed by atoms with E-state index in [1.54, 1.807) is 0 Å². The fraction of sp³-hybridized carbons (Fsp3) is 0.533. The molecule has 0 saturated carbocycles. The SMILES string of the molecule is Cl.O=C(NCC(O)COc1ccc(F)cc1)C1CCCNC1. The molecule has 124 valence electrons. The monoisotopic (exact) mass is 332 g/mol. The third kappa shape index (κ3) is 6.17. The maximum absolute atomic E-state index is 12.7. The molecule has 3 N–H and O–H groups in total. The van der Waals surface area contributed by atoms with E-state index in [4.69, 9.17) is 4.74 Å². The Labute approximate surface area is 135 Å². The number of ether oxygens (including phenoxy) is 1. The smallest absolute Gasteiger partial charge is 0.224 e. The molecular weight excluding hydrogens is 311 g/mol. The number of amides is 1. The molecule has 0 aromatic heterocycles. The normalized spacial score (nSPS) is 18.9. The van der Waals surface area contributed by atoms with Crippen LogP contribution in [-0.2, 0) is 4.79 Å². The highest BCUT2D eigenvalue weighted by molar-refractivity contribution is 5.85. The molecule has 7 heteroatoms. The molecule has 1 aromatic rings. The zero-order valence-corrected chi connectivity index (χ0v) is 13.1. The van der Waals surface area contributed by atoms with Gasteiger partial charge in [-0.1, -0.05) is 0 Å². The standard InChI is InChI=1S/C15H21FN2O3.ClH/c16-12-3-5-14(6-4-12)21-10-13(19)9-18-15(20)11-2-1-7-17-8-11;/h3-6,11,13,17,19H,1-2,7-10H2,(H,18,20);1H. The van der Waals surface area contributed by atoms with Gasteiger partial charge in [0, 0.05) is 13.1 Å². The van der Waals surface area contributed by atoms with Gasteiger partial charge in [0.2, 0.25) is 5.91 Å². The number of carbonyl (C=O) groups is 1. The molecule has 2 atom stereocenters. The largest absolute Gasteiger partial charge is 0.491 e. The van der Waals surface area contributed by atoms with Crippen LogP contribution in [0.25, 0.3) is 0 Å². The highest BCUT2D eigenvalue weighted by atomic mass is 35.5. The number of nitrogens with one attached hydrogen (secondary N) is 2. The minimum atomic E-state index is -0.796. The number of hydrogen-bond acceptors (Lipinski definition) is 4. The molecule has 1 fully saturated rings. The van der Waals surface area contributed by atoms with E-state index < -0.39 is 6.10 Å². The summed E-state index contributed by atoms with van der Waals surface area (Å²) in [5.74, 6) is 0.0847. The summed E-state index contributed by atoms with van der Waals surface area (Å²) in [5, 5.41) is 15.7. The van der Waals surface area contributed by atoms with Crippen LogP contribution in [0, 0.1) is 11.7 Å². The van der Waals surface area contributed by atoms with Crippen LogP contribution in [0.1, 0.15) is 12.8 Å². The zero-order chi connectivity index (χ0) is 15.1. The van der Waals surface area contributed by atoms with E-state index in [0.717, 1.165) is 19.4 Å². The van der Waals surface area contributed by atoms with Crippen LogP contribution in [0.3, 0.4) is 0 Å². The number of halogens is 2. The number of carbonyl (C=O) groups excluding carboxylic acids is 1. The lowest BCUT2D eigenvalue weighted by Gasteiger charge is -2.22. The maximum Gasteiger partial charge on any atom is 0.224 e. The molecule has 0 aliphatic carbocycles. The molecule has 1 amide bonds. The number of aliphatic hydroxyl groups is 1. The molecule has 0 radical (unpaired) electrons. The summed E-state index contributed by atoms with van der Waals surface area (Å²) in [5.41, 5.74) is 0. The molecule has 1 saturated heterocycles. The van der Waals surface area contributed by atoms with Crippen molar-refractivity contribution >= 4 is 18.3 Å². The molecule has 0 spiro atoms. The van der Waals surface area contributed by atoms with Gasteiger partial charge in [-0.25, -0.2) is 4.39 Å². The lowest BCUT2D eigenvalue weighted by Crippen LogP contribution is -2.43. The van der Waals surface area contributed by atoms with Gasteiger partial charge >= 0.3 is 0 Å². The van der Waals surface area contributed by atoms with Crippen LogP contribution >= 0.6 is 12.4 Å². The van der Waals surface area contributed by atoms with Crippen molar-refractivity contribution in [3.05, 3.63) is 30.1 Å². The van der Waals surface area contributed by atoms with Crippen LogP contribution < -0.4 is 15.4 Å². The van der Waals surface area contributed by atoms with E-state index in [2.05, 4.69) is 10.6 Å². The van der Waals surface area contributed by atoms with Crippen molar-refractivity contribution in [2.75, 3.05) is 26.2 Å². The Hall–Kier alpha value is -1.37. The Kier molecular flexibility index (Phi) is 8.16. The van der Waals surface area contributed by atoms with Gasteiger partial charge in [-0.3, -0.25) is 4.79 Å². The van der Waals surface area contributed by atoms with Crippen molar-refractivity contribution in [1.29, 1.82) is 0 Å². The van der Waals surface area contributed by atoms with Gasteiger partial charge in [0.15, 0.2) is 0 Å². The van der Waals surface area contributed by atoms with Crippen molar-refractivity contribution < 1.29 is 19.0 Å². The molecule has 2 rings (SSSR count). The van der Waals surface area contributed by atoms with Crippen molar-refractivity contribution in [2.45, 2.75) is 18.9 Å². The molecule has 22 heavy (non-hydrogen) atoms. The highest BCUT2D eigenvalue weighted by Gasteiger charge is 2.21. The lowest BCUT2D eigenvalue weighted by atomic mass is 9.99. The van der Waals surface area contributed by atoms with Crippen LogP contribution in [-0.4, -0.2) is 43.4 Å². The summed E-state index contributed by atoms with van der Waals surface area (Å²) < 4.78 is 18.0. The Morgan fingerprint density at radius 3 is 2.82 bits per heavy atom. The predicted octanol–water partition coefficient (Wildman–Crippen LogP) is 1.10. The third-order valence-corrected chi connectivity index (χ3v) is 3.44. The van der Waals surface area contributed by atoms with Crippen LogP contribution in [0.15, 0.2) is 24.3 Å². The van der Waals surface area contributed by atoms with Gasteiger partial charge < -0.3 is 20.5 Å². The van der Waals surface area contributed by atoms with Crippen LogP contribution in [0.2, 0.25) is 0 Å². The minimum absolute atomic E-state index is 0. The number of aliphatic hydroxyl groups excluding tert-OH is 1. The molecule has 1 aromatic carbocycles. The van der Waals surface area contributed by atoms with Gasteiger partial charge in [-0.2, -0.15) is 0 Å². The number of piperidine rings is 1. The molecule has 1 aliphatic heterocycles. The molecule has 1 aliphatic rings. The van der Waals surface area contributed by atoms with Crippen molar-refractivity contribution in [1.82, 2.24) is 10.6 Å². The molecule has 2 unspecified atom stereocenters. The summed E-state index contributed by atoms with van der Waals surface area (Å²) in [6.45, 7) is 1.84. The highest BCUT2D eigenvalue weighted by Crippen LogP contribution is 2.11. The fourth-order valence-corrected chi connectivity index (χ4v) is 2.22. The summed E-state index contributed by atoms with van der Waals surface area (Å²) in [4.78, 5) is 11.9. The van der Waals surface area contributed by atoms with Crippen molar-refractivity contribution in [2.24, 2.45) is 5.92 Å². The Balaban J connectivity index is 0.00000242. The number of hydrogen-bond donors (Lipinski definition) is 3. The first-order chi connectivity index (χ1) is 10.1. The second-order valence-electron chi connectivity index (χ2n) is 5.21. The Bertz CT molecular complexity index is 453. The maximum atomic E-state index is 12.7. The van der Waals surface area contributed by atoms with E-state index in [1.807, 2.05) is 0 Å². The predicted molar refractivity (Wildman–Crippen MR) is 83.8 cm³/mol. The van der Waals surface area contributed by atoms with Gasteiger partial charge in [-0.05, 0) is 43.7 Å². The first-order valence-electron chi connectivity index (χ1n) is 7.20. The third-order valence-electron chi connectivity index (χ3n) is 3.44. The Morgan fingerprint density at radius 1 is 1.45 bits per heavy atom.